The zero-order valence-electron chi connectivity index (χ0n) is 7.82. The van der Waals surface area contributed by atoms with Gasteiger partial charge in [0, 0.05) is 16.5 Å². The van der Waals surface area contributed by atoms with Crippen LogP contribution in [0.15, 0.2) is 40.9 Å². The van der Waals surface area contributed by atoms with Crippen LogP contribution < -0.4 is 0 Å². The first-order valence-electron chi connectivity index (χ1n) is 4.58. The molecule has 0 saturated carbocycles. The van der Waals surface area contributed by atoms with E-state index in [0.29, 0.717) is 0 Å². The summed E-state index contributed by atoms with van der Waals surface area (Å²) in [6, 6.07) is 10.1. The lowest BCUT2D eigenvalue weighted by Gasteiger charge is -1.90. The first kappa shape index (κ1) is 7.56. The molecule has 14 heavy (non-hydrogen) atoms. The Morgan fingerprint density at radius 1 is 1.07 bits per heavy atom. The van der Waals surface area contributed by atoms with Gasteiger partial charge in [-0.1, -0.05) is 18.2 Å². The van der Waals surface area contributed by atoms with Crippen molar-refractivity contribution in [3.05, 3.63) is 42.2 Å². The van der Waals surface area contributed by atoms with E-state index < -0.39 is 0 Å². The highest BCUT2D eigenvalue weighted by molar-refractivity contribution is 6.04. The molecule has 0 bridgehead atoms. The smallest absolute Gasteiger partial charge is 0.153 e. The highest BCUT2D eigenvalue weighted by atomic mass is 16.3. The Hall–Kier alpha value is -1.83. The van der Waals surface area contributed by atoms with Gasteiger partial charge in [-0.05, 0) is 19.1 Å². The minimum absolute atomic E-state index is 0.858. The van der Waals surface area contributed by atoms with Gasteiger partial charge in [0.15, 0.2) is 5.58 Å². The van der Waals surface area contributed by atoms with Gasteiger partial charge in [-0.3, -0.25) is 4.98 Å². The van der Waals surface area contributed by atoms with E-state index in [2.05, 4.69) is 17.1 Å². The molecule has 0 spiro atoms. The molecule has 68 valence electrons. The minimum atomic E-state index is 0.858. The highest BCUT2D eigenvalue weighted by Gasteiger charge is 2.05. The topological polar surface area (TPSA) is 26.0 Å². The second-order valence-corrected chi connectivity index (χ2v) is 3.42. The number of hydrogen-bond donors (Lipinski definition) is 0. The molecule has 0 radical (unpaired) electrons. The molecule has 3 rings (SSSR count). The summed E-state index contributed by atoms with van der Waals surface area (Å²) in [5.41, 5.74) is 2.80. The number of furan rings is 1. The van der Waals surface area contributed by atoms with Gasteiger partial charge in [0.2, 0.25) is 0 Å². The molecule has 0 aliphatic heterocycles. The third-order valence-electron chi connectivity index (χ3n) is 2.40. The number of rotatable bonds is 0. The van der Waals surface area contributed by atoms with E-state index in [9.17, 15) is 0 Å². The normalized spacial score (nSPS) is 11.2. The van der Waals surface area contributed by atoms with E-state index in [0.717, 1.165) is 27.6 Å². The Balaban J connectivity index is 2.58. The average molecular weight is 183 g/mol. The van der Waals surface area contributed by atoms with Gasteiger partial charge in [0.25, 0.3) is 0 Å². The lowest BCUT2D eigenvalue weighted by atomic mass is 10.2. The van der Waals surface area contributed by atoms with E-state index in [-0.39, 0.29) is 0 Å². The van der Waals surface area contributed by atoms with Crippen LogP contribution in [0.4, 0.5) is 0 Å². The van der Waals surface area contributed by atoms with E-state index in [1.165, 1.54) is 0 Å². The molecule has 0 aliphatic rings. The number of para-hydroxylation sites is 1. The molecule has 3 aromatic rings. The van der Waals surface area contributed by atoms with Gasteiger partial charge in [-0.2, -0.15) is 0 Å². The molecule has 0 fully saturated rings. The fraction of sp³-hybridized carbons (Fsp3) is 0.0833. The SMILES string of the molecule is Cc1cc2c(cn1)oc1ccccc12. The molecule has 2 nitrogen and oxygen atoms in total. The predicted octanol–water partition coefficient (Wildman–Crippen LogP) is 3.29. The number of aryl methyl sites for hydroxylation is 1. The van der Waals surface area contributed by atoms with Crippen molar-refractivity contribution in [3.63, 3.8) is 0 Å². The summed E-state index contributed by atoms with van der Waals surface area (Å²) in [7, 11) is 0. The van der Waals surface area contributed by atoms with Crippen molar-refractivity contribution in [1.82, 2.24) is 4.98 Å². The van der Waals surface area contributed by atoms with Crippen LogP contribution in [0.2, 0.25) is 0 Å². The van der Waals surface area contributed by atoms with Gasteiger partial charge in [-0.25, -0.2) is 0 Å². The molecular weight excluding hydrogens is 174 g/mol. The first-order valence-corrected chi connectivity index (χ1v) is 4.58. The van der Waals surface area contributed by atoms with E-state index in [1.54, 1.807) is 6.20 Å². The summed E-state index contributed by atoms with van der Waals surface area (Å²) in [6.07, 6.45) is 1.78. The van der Waals surface area contributed by atoms with E-state index in [4.69, 9.17) is 4.42 Å². The van der Waals surface area contributed by atoms with Crippen LogP contribution in [0.5, 0.6) is 0 Å². The third kappa shape index (κ3) is 0.940. The molecule has 0 N–H and O–H groups in total. The summed E-state index contributed by atoms with van der Waals surface area (Å²) < 4.78 is 5.64. The predicted molar refractivity (Wildman–Crippen MR) is 56.3 cm³/mol. The third-order valence-corrected chi connectivity index (χ3v) is 2.40. The quantitative estimate of drug-likeness (QED) is 0.534. The van der Waals surface area contributed by atoms with Crippen molar-refractivity contribution in [2.24, 2.45) is 0 Å². The lowest BCUT2D eigenvalue weighted by molar-refractivity contribution is 0.666. The zero-order chi connectivity index (χ0) is 9.54. The van der Waals surface area contributed by atoms with Crippen molar-refractivity contribution in [2.45, 2.75) is 6.92 Å². The summed E-state index contributed by atoms with van der Waals surface area (Å²) >= 11 is 0. The number of benzene rings is 1. The van der Waals surface area contributed by atoms with Gasteiger partial charge >= 0.3 is 0 Å². The molecule has 0 atom stereocenters. The molecule has 0 saturated heterocycles. The van der Waals surface area contributed by atoms with Gasteiger partial charge < -0.3 is 4.42 Å². The fourth-order valence-corrected chi connectivity index (χ4v) is 1.74. The summed E-state index contributed by atoms with van der Waals surface area (Å²) in [4.78, 5) is 4.21. The average Bonchev–Trinajstić information content (AvgIpc) is 2.56. The van der Waals surface area contributed by atoms with Gasteiger partial charge in [0.05, 0.1) is 6.20 Å². The molecule has 2 heterocycles. The Labute approximate surface area is 81.2 Å². The first-order chi connectivity index (χ1) is 6.84. The van der Waals surface area contributed by atoms with Crippen molar-refractivity contribution >= 4 is 21.9 Å². The highest BCUT2D eigenvalue weighted by Crippen LogP contribution is 2.27. The van der Waals surface area contributed by atoms with E-state index >= 15 is 0 Å². The minimum Gasteiger partial charge on any atom is -0.454 e. The van der Waals surface area contributed by atoms with Crippen LogP contribution in [0, 0.1) is 6.92 Å². The Morgan fingerprint density at radius 2 is 1.93 bits per heavy atom. The molecule has 2 aromatic heterocycles. The Morgan fingerprint density at radius 3 is 2.86 bits per heavy atom. The fourth-order valence-electron chi connectivity index (χ4n) is 1.74. The number of aromatic nitrogens is 1. The second-order valence-electron chi connectivity index (χ2n) is 3.42. The largest absolute Gasteiger partial charge is 0.454 e. The zero-order valence-corrected chi connectivity index (χ0v) is 7.82. The Bertz CT molecular complexity index is 610. The van der Waals surface area contributed by atoms with Crippen molar-refractivity contribution in [3.8, 4) is 0 Å². The molecule has 0 unspecified atom stereocenters. The van der Waals surface area contributed by atoms with Crippen molar-refractivity contribution in [1.29, 1.82) is 0 Å². The lowest BCUT2D eigenvalue weighted by Crippen LogP contribution is -1.76. The standard InChI is InChI=1S/C12H9NO/c1-8-6-10-9-4-2-3-5-11(9)14-12(10)7-13-8/h2-7H,1H3. The van der Waals surface area contributed by atoms with Crippen molar-refractivity contribution < 1.29 is 4.42 Å². The number of hydrogen-bond acceptors (Lipinski definition) is 2. The van der Waals surface area contributed by atoms with Crippen LogP contribution in [-0.4, -0.2) is 4.98 Å². The molecule has 0 amide bonds. The van der Waals surface area contributed by atoms with E-state index in [1.807, 2.05) is 25.1 Å². The summed E-state index contributed by atoms with van der Waals surface area (Å²) in [5.74, 6) is 0. The van der Waals surface area contributed by atoms with Crippen molar-refractivity contribution in [2.75, 3.05) is 0 Å². The maximum Gasteiger partial charge on any atom is 0.153 e. The molecule has 0 aliphatic carbocycles. The number of fused-ring (bicyclic) bond motifs is 3. The summed E-state index contributed by atoms with van der Waals surface area (Å²) in [5, 5.41) is 2.31. The maximum absolute atomic E-state index is 5.64. The summed E-state index contributed by atoms with van der Waals surface area (Å²) in [6.45, 7) is 1.99. The molecule has 1 aromatic carbocycles. The van der Waals surface area contributed by atoms with Crippen LogP contribution in [0.3, 0.4) is 0 Å². The van der Waals surface area contributed by atoms with Crippen LogP contribution in [-0.2, 0) is 0 Å². The number of nitrogens with zero attached hydrogens (tertiary/aromatic N) is 1. The molecule has 2 heteroatoms. The second kappa shape index (κ2) is 2.58. The molecular formula is C12H9NO. The van der Waals surface area contributed by atoms with Crippen LogP contribution in [0.1, 0.15) is 5.69 Å². The van der Waals surface area contributed by atoms with Crippen LogP contribution in [0.25, 0.3) is 21.9 Å². The van der Waals surface area contributed by atoms with Gasteiger partial charge in [0.1, 0.15) is 5.58 Å². The monoisotopic (exact) mass is 183 g/mol. The van der Waals surface area contributed by atoms with Gasteiger partial charge in [-0.15, -0.1) is 0 Å². The number of pyridine rings is 1. The van der Waals surface area contributed by atoms with Crippen LogP contribution >= 0.6 is 0 Å². The Kier molecular flexibility index (Phi) is 1.39. The maximum atomic E-state index is 5.64.